The van der Waals surface area contributed by atoms with Gasteiger partial charge < -0.3 is 25.1 Å². The lowest BCUT2D eigenvalue weighted by molar-refractivity contribution is -0.136. The van der Waals surface area contributed by atoms with Gasteiger partial charge in [-0.15, -0.1) is 0 Å². The first-order valence-electron chi connectivity index (χ1n) is 11.1. The van der Waals surface area contributed by atoms with E-state index in [-0.39, 0.29) is 19.4 Å². The number of hydrogen-bond acceptors (Lipinski definition) is 4. The number of benzene rings is 3. The Hall–Kier alpha value is -3.45. The van der Waals surface area contributed by atoms with Crippen LogP contribution < -0.4 is 10.2 Å². The van der Waals surface area contributed by atoms with Crippen molar-refractivity contribution < 1.29 is 29.0 Å². The predicted molar refractivity (Wildman–Crippen MR) is 135 cm³/mol. The highest BCUT2D eigenvalue weighted by Gasteiger charge is 2.31. The molecule has 1 amide bonds. The zero-order valence-electron chi connectivity index (χ0n) is 19.4. The summed E-state index contributed by atoms with van der Waals surface area (Å²) in [5.74, 6) is -1.56. The maximum atomic E-state index is 13.2. The Labute approximate surface area is 204 Å². The highest BCUT2D eigenvalue weighted by atomic mass is 31.2. The topological polar surface area (TPSA) is 127 Å². The van der Waals surface area contributed by atoms with Gasteiger partial charge in [-0.1, -0.05) is 72.3 Å². The minimum absolute atomic E-state index is 0.0880. The molecule has 0 saturated heterocycles. The molecule has 0 aliphatic rings. The zero-order valence-corrected chi connectivity index (χ0v) is 20.3. The van der Waals surface area contributed by atoms with E-state index >= 15 is 0 Å². The minimum atomic E-state index is -4.54. The summed E-state index contributed by atoms with van der Waals surface area (Å²) in [5.41, 5.74) is 4.29. The van der Waals surface area contributed by atoms with Crippen LogP contribution in [-0.4, -0.2) is 45.6 Å². The molecule has 0 bridgehead atoms. The number of nitrogens with zero attached hydrogens (tertiary/aromatic N) is 1. The number of rotatable bonds is 11. The van der Waals surface area contributed by atoms with Crippen LogP contribution in [0.4, 0.5) is 5.69 Å². The molecule has 184 valence electrons. The van der Waals surface area contributed by atoms with E-state index in [1.54, 1.807) is 24.3 Å². The van der Waals surface area contributed by atoms with Gasteiger partial charge in [-0.25, -0.2) is 0 Å². The Morgan fingerprint density at radius 1 is 0.914 bits per heavy atom. The molecular weight excluding hydrogens is 467 g/mol. The summed E-state index contributed by atoms with van der Waals surface area (Å²) in [6, 6.07) is 23.5. The van der Waals surface area contributed by atoms with E-state index in [2.05, 4.69) is 5.32 Å². The lowest BCUT2D eigenvalue weighted by Crippen LogP contribution is -2.49. The van der Waals surface area contributed by atoms with E-state index in [9.17, 15) is 23.9 Å². The largest absolute Gasteiger partial charge is 0.481 e. The number of carboxylic acid groups (broad SMARTS) is 1. The Morgan fingerprint density at radius 3 is 2.09 bits per heavy atom. The summed E-state index contributed by atoms with van der Waals surface area (Å²) in [4.78, 5) is 45.0. The summed E-state index contributed by atoms with van der Waals surface area (Å²) < 4.78 is 12.0. The third-order valence-corrected chi connectivity index (χ3v) is 6.18. The molecule has 8 nitrogen and oxygen atoms in total. The highest BCUT2D eigenvalue weighted by Crippen LogP contribution is 2.38. The van der Waals surface area contributed by atoms with Crippen molar-refractivity contribution in [1.82, 2.24) is 5.32 Å². The van der Waals surface area contributed by atoms with Crippen molar-refractivity contribution in [2.75, 3.05) is 17.7 Å². The Bertz CT molecular complexity index is 1180. The van der Waals surface area contributed by atoms with Gasteiger partial charge in [-0.3, -0.25) is 14.2 Å². The lowest BCUT2D eigenvalue weighted by atomic mass is 9.99. The van der Waals surface area contributed by atoms with E-state index in [4.69, 9.17) is 5.11 Å². The van der Waals surface area contributed by atoms with Crippen LogP contribution in [0.3, 0.4) is 0 Å². The van der Waals surface area contributed by atoms with Crippen molar-refractivity contribution >= 4 is 25.2 Å². The first-order valence-corrected chi connectivity index (χ1v) is 12.9. The fourth-order valence-electron chi connectivity index (χ4n) is 3.74. The normalized spacial score (nSPS) is 12.1. The molecule has 35 heavy (non-hydrogen) atoms. The number of hydrogen-bond donors (Lipinski definition) is 4. The molecule has 3 rings (SSSR count). The number of carboxylic acids is 1. The van der Waals surface area contributed by atoms with Crippen molar-refractivity contribution in [3.05, 3.63) is 90.0 Å². The fourth-order valence-corrected chi connectivity index (χ4v) is 4.49. The number of nitrogens with one attached hydrogen (secondary N) is 1. The van der Waals surface area contributed by atoms with Crippen LogP contribution in [0.2, 0.25) is 0 Å². The summed E-state index contributed by atoms with van der Waals surface area (Å²) in [5, 5.41) is 11.5. The van der Waals surface area contributed by atoms with Gasteiger partial charge in [0.2, 0.25) is 5.91 Å². The Morgan fingerprint density at radius 2 is 1.51 bits per heavy atom. The molecule has 9 heteroatoms. The number of aliphatic carboxylic acids is 1. The molecule has 3 aromatic rings. The molecule has 0 aliphatic heterocycles. The van der Waals surface area contributed by atoms with Gasteiger partial charge in [0.05, 0.1) is 6.42 Å². The highest BCUT2D eigenvalue weighted by molar-refractivity contribution is 7.51. The smallest absolute Gasteiger partial charge is 0.344 e. The average molecular weight is 497 g/mol. The van der Waals surface area contributed by atoms with Crippen LogP contribution in [0.25, 0.3) is 11.1 Å². The minimum Gasteiger partial charge on any atom is -0.481 e. The first kappa shape index (κ1) is 26.2. The van der Waals surface area contributed by atoms with Gasteiger partial charge in [0.25, 0.3) is 0 Å². The summed E-state index contributed by atoms with van der Waals surface area (Å²) >= 11 is 0. The maximum Gasteiger partial charge on any atom is 0.344 e. The van der Waals surface area contributed by atoms with Crippen LogP contribution >= 0.6 is 7.60 Å². The quantitative estimate of drug-likeness (QED) is 0.297. The van der Waals surface area contributed by atoms with Gasteiger partial charge in [-0.2, -0.15) is 0 Å². The third kappa shape index (κ3) is 8.07. The summed E-state index contributed by atoms with van der Waals surface area (Å²) in [6.07, 6.45) is -0.746. The van der Waals surface area contributed by atoms with Crippen molar-refractivity contribution in [3.8, 4) is 11.1 Å². The first-order chi connectivity index (χ1) is 16.6. The number of anilines is 1. The third-order valence-electron chi connectivity index (χ3n) is 5.51. The second-order valence-corrected chi connectivity index (χ2v) is 9.94. The molecule has 1 atom stereocenters. The summed E-state index contributed by atoms with van der Waals surface area (Å²) in [7, 11) is -4.54. The monoisotopic (exact) mass is 496 g/mol. The summed E-state index contributed by atoms with van der Waals surface area (Å²) in [6.45, 7) is 1.80. The van der Waals surface area contributed by atoms with Gasteiger partial charge >= 0.3 is 13.6 Å². The van der Waals surface area contributed by atoms with Crippen molar-refractivity contribution in [1.29, 1.82) is 0 Å². The number of carbonyl (C=O) groups is 2. The van der Waals surface area contributed by atoms with Gasteiger partial charge in [0.15, 0.2) is 0 Å². The molecule has 0 unspecified atom stereocenters. The van der Waals surface area contributed by atoms with Crippen LogP contribution in [-0.2, 0) is 20.6 Å². The molecule has 4 N–H and O–H groups in total. The SMILES string of the molecule is Cc1ccc(N(CP(=O)(O)O)[C@@H](Cc2ccc(-c3ccccc3)cc2)C(=O)NCCC(=O)O)cc1. The van der Waals surface area contributed by atoms with E-state index in [1.807, 2.05) is 61.5 Å². The van der Waals surface area contributed by atoms with Crippen LogP contribution in [0.5, 0.6) is 0 Å². The molecule has 0 saturated carbocycles. The Balaban J connectivity index is 1.93. The molecule has 0 aromatic heterocycles. The van der Waals surface area contributed by atoms with E-state index in [0.29, 0.717) is 5.69 Å². The maximum absolute atomic E-state index is 13.2. The molecule has 0 heterocycles. The number of carbonyl (C=O) groups excluding carboxylic acids is 1. The standard InChI is InChI=1S/C26H29N2O6P/c1-19-7-13-23(14-8-19)28(18-35(32,33)34)24(26(31)27-16-15-25(29)30)17-20-9-11-22(12-10-20)21-5-3-2-4-6-21/h2-14,24H,15-18H2,1H3,(H,27,31)(H,29,30)(H2,32,33,34)/t24-/m0/s1. The molecule has 0 fully saturated rings. The second-order valence-electron chi connectivity index (χ2n) is 8.33. The number of amides is 1. The van der Waals surface area contributed by atoms with Crippen LogP contribution in [0.15, 0.2) is 78.9 Å². The van der Waals surface area contributed by atoms with E-state index in [1.165, 1.54) is 4.90 Å². The fraction of sp³-hybridized carbons (Fsp3) is 0.231. The molecule has 3 aromatic carbocycles. The number of aryl methyl sites for hydroxylation is 1. The van der Waals surface area contributed by atoms with Gasteiger partial charge in [0.1, 0.15) is 12.3 Å². The van der Waals surface area contributed by atoms with Crippen molar-refractivity contribution in [2.45, 2.75) is 25.8 Å². The predicted octanol–water partition coefficient (Wildman–Crippen LogP) is 3.81. The van der Waals surface area contributed by atoms with Gasteiger partial charge in [0, 0.05) is 18.7 Å². The van der Waals surface area contributed by atoms with Crippen LogP contribution in [0, 0.1) is 6.92 Å². The average Bonchev–Trinajstić information content (AvgIpc) is 2.82. The molecule has 0 radical (unpaired) electrons. The lowest BCUT2D eigenvalue weighted by Gasteiger charge is -2.33. The molecular formula is C26H29N2O6P. The van der Waals surface area contributed by atoms with Gasteiger partial charge in [-0.05, 0) is 35.7 Å². The van der Waals surface area contributed by atoms with Crippen molar-refractivity contribution in [2.24, 2.45) is 0 Å². The van der Waals surface area contributed by atoms with Crippen molar-refractivity contribution in [3.63, 3.8) is 0 Å². The molecule has 0 spiro atoms. The van der Waals surface area contributed by atoms with Crippen LogP contribution in [0.1, 0.15) is 17.5 Å². The van der Waals surface area contributed by atoms with E-state index < -0.39 is 31.8 Å². The Kier molecular flexibility index (Phi) is 8.82. The molecule has 0 aliphatic carbocycles. The van der Waals surface area contributed by atoms with E-state index in [0.717, 1.165) is 22.3 Å². The second kappa shape index (κ2) is 11.8. The zero-order chi connectivity index (χ0) is 25.4.